The molecule has 1 amide bonds. The van der Waals surface area contributed by atoms with E-state index in [2.05, 4.69) is 38.8 Å². The number of likely N-dealkylation sites (tertiary alicyclic amines) is 1. The molecule has 1 aromatic carbocycles. The second-order valence-corrected chi connectivity index (χ2v) is 7.53. The van der Waals surface area contributed by atoms with Crippen molar-refractivity contribution in [1.29, 1.82) is 0 Å². The molecule has 0 radical (unpaired) electrons. The molecule has 3 rings (SSSR count). The molecule has 8 heteroatoms. The number of nitrogens with one attached hydrogen (secondary N) is 3. The highest BCUT2D eigenvalue weighted by atomic mass is 127. The molecule has 3 N–H and O–H groups in total. The maximum atomic E-state index is 12.0. The number of aromatic amines is 1. The van der Waals surface area contributed by atoms with E-state index in [1.807, 2.05) is 32.9 Å². The minimum Gasteiger partial charge on any atom is -0.444 e. The number of ether oxygens (including phenoxy) is 1. The van der Waals surface area contributed by atoms with Gasteiger partial charge in [0.05, 0.1) is 12.6 Å². The Morgan fingerprint density at radius 2 is 2.04 bits per heavy atom. The van der Waals surface area contributed by atoms with E-state index < -0.39 is 5.60 Å². The highest BCUT2D eigenvalue weighted by Gasteiger charge is 2.34. The standard InChI is InChI=1S/C19H27N5O2.HI/c1-19(2,3)26-18(25)24-11-15(12-24)23-17(20-4)21-10-14-9-13-7-5-6-8-16(13)22-14;/h5-9,15,22H,10-12H2,1-4H3,(H2,20,21,23);1H. The number of H-pyrrole nitrogens is 1. The van der Waals surface area contributed by atoms with Crippen LogP contribution in [0.3, 0.4) is 0 Å². The van der Waals surface area contributed by atoms with Crippen LogP contribution in [0.25, 0.3) is 10.9 Å². The predicted molar refractivity (Wildman–Crippen MR) is 119 cm³/mol. The van der Waals surface area contributed by atoms with E-state index in [-0.39, 0.29) is 36.1 Å². The molecule has 7 nitrogen and oxygen atoms in total. The highest BCUT2D eigenvalue weighted by Crippen LogP contribution is 2.16. The fourth-order valence-electron chi connectivity index (χ4n) is 2.84. The lowest BCUT2D eigenvalue weighted by atomic mass is 10.1. The van der Waals surface area contributed by atoms with Gasteiger partial charge in [0.15, 0.2) is 5.96 Å². The van der Waals surface area contributed by atoms with Crippen LogP contribution in [0.4, 0.5) is 4.79 Å². The number of carbonyl (C=O) groups is 1. The minimum atomic E-state index is -0.466. The van der Waals surface area contributed by atoms with Crippen LogP contribution in [0, 0.1) is 0 Å². The van der Waals surface area contributed by atoms with E-state index in [0.717, 1.165) is 17.2 Å². The van der Waals surface area contributed by atoms with Gasteiger partial charge in [-0.2, -0.15) is 0 Å². The Kier molecular flexibility index (Phi) is 6.96. The topological polar surface area (TPSA) is 81.8 Å². The number of carbonyl (C=O) groups excluding carboxylic acids is 1. The number of hydrogen-bond donors (Lipinski definition) is 3. The third-order valence-corrected chi connectivity index (χ3v) is 4.13. The van der Waals surface area contributed by atoms with Crippen molar-refractivity contribution >= 4 is 46.9 Å². The number of rotatable bonds is 3. The average Bonchev–Trinajstić information content (AvgIpc) is 2.94. The summed E-state index contributed by atoms with van der Waals surface area (Å²) in [5.41, 5.74) is 1.75. The van der Waals surface area contributed by atoms with Gasteiger partial charge in [-0.25, -0.2) is 4.79 Å². The van der Waals surface area contributed by atoms with Crippen LogP contribution in [-0.4, -0.2) is 53.7 Å². The van der Waals surface area contributed by atoms with Crippen LogP contribution in [0.15, 0.2) is 35.3 Å². The largest absolute Gasteiger partial charge is 0.444 e. The fourth-order valence-corrected chi connectivity index (χ4v) is 2.84. The zero-order valence-corrected chi connectivity index (χ0v) is 18.5. The Morgan fingerprint density at radius 1 is 1.33 bits per heavy atom. The van der Waals surface area contributed by atoms with Gasteiger partial charge in [-0.1, -0.05) is 18.2 Å². The summed E-state index contributed by atoms with van der Waals surface area (Å²) in [6, 6.07) is 10.5. The van der Waals surface area contributed by atoms with Gasteiger partial charge in [-0.05, 0) is 38.3 Å². The van der Waals surface area contributed by atoms with Crippen molar-refractivity contribution in [2.75, 3.05) is 20.1 Å². The van der Waals surface area contributed by atoms with E-state index in [9.17, 15) is 4.79 Å². The number of benzene rings is 1. The van der Waals surface area contributed by atoms with Gasteiger partial charge in [0.2, 0.25) is 0 Å². The average molecular weight is 485 g/mol. The highest BCUT2D eigenvalue weighted by molar-refractivity contribution is 14.0. The molecule has 0 atom stereocenters. The fraction of sp³-hybridized carbons (Fsp3) is 0.474. The summed E-state index contributed by atoms with van der Waals surface area (Å²) in [6.07, 6.45) is -0.267. The first kappa shape index (κ1) is 21.3. The number of para-hydroxylation sites is 1. The normalized spacial score (nSPS) is 15.1. The number of amides is 1. The van der Waals surface area contributed by atoms with Crippen molar-refractivity contribution in [2.24, 2.45) is 4.99 Å². The van der Waals surface area contributed by atoms with Crippen LogP contribution < -0.4 is 10.6 Å². The Morgan fingerprint density at radius 3 is 2.67 bits per heavy atom. The van der Waals surface area contributed by atoms with E-state index in [1.54, 1.807) is 11.9 Å². The number of hydrogen-bond acceptors (Lipinski definition) is 3. The number of guanidine groups is 1. The van der Waals surface area contributed by atoms with Gasteiger partial charge in [0.1, 0.15) is 5.60 Å². The summed E-state index contributed by atoms with van der Waals surface area (Å²) in [7, 11) is 1.74. The zero-order chi connectivity index (χ0) is 18.7. The third kappa shape index (κ3) is 5.75. The molecular formula is C19H28IN5O2. The van der Waals surface area contributed by atoms with E-state index in [0.29, 0.717) is 19.6 Å². The molecule has 0 aliphatic carbocycles. The number of aliphatic imine (C=N–C) groups is 1. The Hall–Kier alpha value is -1.97. The van der Waals surface area contributed by atoms with Crippen LogP contribution in [0.1, 0.15) is 26.5 Å². The monoisotopic (exact) mass is 485 g/mol. The van der Waals surface area contributed by atoms with E-state index in [4.69, 9.17) is 4.74 Å². The maximum absolute atomic E-state index is 12.0. The van der Waals surface area contributed by atoms with Crippen molar-refractivity contribution in [3.05, 3.63) is 36.0 Å². The lowest BCUT2D eigenvalue weighted by Gasteiger charge is -2.40. The van der Waals surface area contributed by atoms with Crippen molar-refractivity contribution in [3.63, 3.8) is 0 Å². The van der Waals surface area contributed by atoms with Crippen molar-refractivity contribution < 1.29 is 9.53 Å². The van der Waals surface area contributed by atoms with Crippen LogP contribution in [-0.2, 0) is 11.3 Å². The molecule has 1 saturated heterocycles. The first-order valence-corrected chi connectivity index (χ1v) is 8.86. The van der Waals surface area contributed by atoms with Crippen LogP contribution in [0.2, 0.25) is 0 Å². The van der Waals surface area contributed by atoms with Crippen molar-refractivity contribution in [3.8, 4) is 0 Å². The molecule has 2 heterocycles. The van der Waals surface area contributed by atoms with Gasteiger partial charge < -0.3 is 25.3 Å². The van der Waals surface area contributed by atoms with Gasteiger partial charge in [-0.15, -0.1) is 24.0 Å². The SMILES string of the molecule is CN=C(NCc1cc2ccccc2[nH]1)NC1CN(C(=O)OC(C)(C)C)C1.I. The van der Waals surface area contributed by atoms with Crippen molar-refractivity contribution in [2.45, 2.75) is 39.0 Å². The number of halogens is 1. The Balaban J connectivity index is 0.00000261. The molecule has 1 aliphatic heterocycles. The summed E-state index contributed by atoms with van der Waals surface area (Å²) in [5, 5.41) is 7.83. The molecule has 0 spiro atoms. The molecule has 148 valence electrons. The molecule has 0 unspecified atom stereocenters. The minimum absolute atomic E-state index is 0. The van der Waals surface area contributed by atoms with E-state index >= 15 is 0 Å². The van der Waals surface area contributed by atoms with Crippen LogP contribution >= 0.6 is 24.0 Å². The summed E-state index contributed by atoms with van der Waals surface area (Å²) in [4.78, 5) is 21.3. The summed E-state index contributed by atoms with van der Waals surface area (Å²) in [5.74, 6) is 0.720. The predicted octanol–water partition coefficient (Wildman–Crippen LogP) is 3.07. The number of aromatic nitrogens is 1. The molecule has 27 heavy (non-hydrogen) atoms. The lowest BCUT2D eigenvalue weighted by molar-refractivity contribution is 0.00701. The first-order chi connectivity index (χ1) is 12.3. The summed E-state index contributed by atoms with van der Waals surface area (Å²) in [6.45, 7) is 7.49. The molecule has 0 bridgehead atoms. The molecular weight excluding hydrogens is 457 g/mol. The molecule has 0 saturated carbocycles. The third-order valence-electron chi connectivity index (χ3n) is 4.13. The van der Waals surface area contributed by atoms with Gasteiger partial charge >= 0.3 is 6.09 Å². The molecule has 1 fully saturated rings. The maximum Gasteiger partial charge on any atom is 0.410 e. The van der Waals surface area contributed by atoms with Crippen LogP contribution in [0.5, 0.6) is 0 Å². The second kappa shape index (κ2) is 8.81. The number of nitrogens with zero attached hydrogens (tertiary/aromatic N) is 2. The Bertz CT molecular complexity index is 773. The summed E-state index contributed by atoms with van der Waals surface area (Å²) >= 11 is 0. The van der Waals surface area contributed by atoms with E-state index in [1.165, 1.54) is 5.39 Å². The van der Waals surface area contributed by atoms with Gasteiger partial charge in [0.25, 0.3) is 0 Å². The second-order valence-electron chi connectivity index (χ2n) is 7.53. The molecule has 1 aliphatic rings. The zero-order valence-electron chi connectivity index (χ0n) is 16.2. The first-order valence-electron chi connectivity index (χ1n) is 8.86. The number of fused-ring (bicyclic) bond motifs is 1. The summed E-state index contributed by atoms with van der Waals surface area (Å²) < 4.78 is 5.36. The lowest BCUT2D eigenvalue weighted by Crippen LogP contribution is -2.63. The van der Waals surface area contributed by atoms with Crippen molar-refractivity contribution in [1.82, 2.24) is 20.5 Å². The molecule has 1 aromatic heterocycles. The Labute approximate surface area is 177 Å². The molecule has 2 aromatic rings. The van der Waals surface area contributed by atoms with Gasteiger partial charge in [-0.3, -0.25) is 4.99 Å². The smallest absolute Gasteiger partial charge is 0.410 e. The quantitative estimate of drug-likeness (QED) is 0.355. The van der Waals surface area contributed by atoms with Gasteiger partial charge in [0, 0.05) is 31.3 Å².